The van der Waals surface area contributed by atoms with Gasteiger partial charge in [-0.1, -0.05) is 23.4 Å². The van der Waals surface area contributed by atoms with Gasteiger partial charge in [0, 0.05) is 12.5 Å². The van der Waals surface area contributed by atoms with E-state index in [1.54, 1.807) is 30.3 Å². The first-order valence-corrected chi connectivity index (χ1v) is 12.9. The Morgan fingerprint density at radius 2 is 1.68 bits per heavy atom. The molecule has 38 heavy (non-hydrogen) atoms. The van der Waals surface area contributed by atoms with Crippen LogP contribution in [0.1, 0.15) is 11.5 Å². The average molecular weight is 543 g/mol. The van der Waals surface area contributed by atoms with Crippen LogP contribution in [0.15, 0.2) is 78.1 Å². The lowest BCUT2D eigenvalue weighted by molar-refractivity contribution is -0.141. The number of halogens is 4. The van der Waals surface area contributed by atoms with Gasteiger partial charge in [0.25, 0.3) is 0 Å². The molecule has 0 unspecified atom stereocenters. The predicted molar refractivity (Wildman–Crippen MR) is 130 cm³/mol. The van der Waals surface area contributed by atoms with Crippen molar-refractivity contribution in [3.05, 3.63) is 90.5 Å². The normalized spacial score (nSPS) is 12.2. The number of hydrogen-bond donors (Lipinski definition) is 0. The van der Waals surface area contributed by atoms with E-state index in [2.05, 4.69) is 20.3 Å². The summed E-state index contributed by atoms with van der Waals surface area (Å²) in [6.07, 6.45) is -0.263. The zero-order valence-corrected chi connectivity index (χ0v) is 20.7. The van der Waals surface area contributed by atoms with Crippen LogP contribution < -0.4 is 0 Å². The molecule has 3 heterocycles. The molecule has 5 rings (SSSR count). The standard InChI is InChI=1S/C25H18F4N6O2S/c1-15-32-24(25(27,28)29)14-34(15)21-9-6-17(16-4-3-5-19(10-16)38(2,36)37)11-22(21)35-23(13-31-33-35)20-8-7-18(26)12-30-20/h3-14H,1-2H3. The SMILES string of the molecule is Cc1nc(C(F)(F)F)cn1-c1ccc(-c2cccc(S(C)(=O)=O)c2)cc1-n1nncc1-c1ccc(F)cn1. The zero-order valence-electron chi connectivity index (χ0n) is 19.8. The molecule has 0 aliphatic rings. The van der Waals surface area contributed by atoms with Crippen LogP contribution in [0, 0.1) is 12.7 Å². The molecule has 0 atom stereocenters. The van der Waals surface area contributed by atoms with Crippen LogP contribution in [0.5, 0.6) is 0 Å². The fourth-order valence-electron chi connectivity index (χ4n) is 3.95. The monoisotopic (exact) mass is 542 g/mol. The number of pyridine rings is 1. The summed E-state index contributed by atoms with van der Waals surface area (Å²) in [7, 11) is -3.49. The number of sulfone groups is 1. The smallest absolute Gasteiger partial charge is 0.301 e. The van der Waals surface area contributed by atoms with Crippen LogP contribution in [0.3, 0.4) is 0 Å². The van der Waals surface area contributed by atoms with Gasteiger partial charge in [-0.25, -0.2) is 22.5 Å². The highest BCUT2D eigenvalue weighted by Crippen LogP contribution is 2.34. The third-order valence-corrected chi connectivity index (χ3v) is 6.88. The second-order valence-electron chi connectivity index (χ2n) is 8.44. The van der Waals surface area contributed by atoms with Gasteiger partial charge in [0.1, 0.15) is 17.3 Å². The zero-order chi connectivity index (χ0) is 27.2. The Balaban J connectivity index is 1.75. The minimum absolute atomic E-state index is 0.0759. The molecular formula is C25H18F4N6O2S. The molecule has 0 bridgehead atoms. The van der Waals surface area contributed by atoms with Crippen molar-refractivity contribution in [3.63, 3.8) is 0 Å². The lowest BCUT2D eigenvalue weighted by atomic mass is 10.0. The van der Waals surface area contributed by atoms with E-state index in [-0.39, 0.29) is 10.7 Å². The Labute approximate surface area is 214 Å². The van der Waals surface area contributed by atoms with Gasteiger partial charge in [0.05, 0.1) is 34.4 Å². The first-order valence-electron chi connectivity index (χ1n) is 11.0. The van der Waals surface area contributed by atoms with E-state index in [9.17, 15) is 26.0 Å². The summed E-state index contributed by atoms with van der Waals surface area (Å²) in [4.78, 5) is 7.84. The van der Waals surface area contributed by atoms with Gasteiger partial charge in [-0.2, -0.15) is 13.2 Å². The van der Waals surface area contributed by atoms with Gasteiger partial charge in [-0.05, 0) is 54.4 Å². The number of aromatic nitrogens is 6. The van der Waals surface area contributed by atoms with Gasteiger partial charge in [-0.15, -0.1) is 5.10 Å². The lowest BCUT2D eigenvalue weighted by Crippen LogP contribution is -2.08. The van der Waals surface area contributed by atoms with Gasteiger partial charge in [0.2, 0.25) is 0 Å². The summed E-state index contributed by atoms with van der Waals surface area (Å²) in [6, 6.07) is 13.8. The van der Waals surface area contributed by atoms with E-state index >= 15 is 0 Å². The predicted octanol–water partition coefficient (Wildman–Crippen LogP) is 5.05. The third kappa shape index (κ3) is 4.79. The Morgan fingerprint density at radius 3 is 2.34 bits per heavy atom. The molecule has 0 amide bonds. The van der Waals surface area contributed by atoms with Crippen LogP contribution in [-0.2, 0) is 16.0 Å². The molecule has 194 valence electrons. The second kappa shape index (κ2) is 9.17. The molecule has 5 aromatic rings. The molecule has 0 fully saturated rings. The van der Waals surface area contributed by atoms with Gasteiger partial charge in [-0.3, -0.25) is 4.98 Å². The topological polar surface area (TPSA) is 95.6 Å². The molecule has 0 spiro atoms. The highest BCUT2D eigenvalue weighted by Gasteiger charge is 2.34. The quantitative estimate of drug-likeness (QED) is 0.289. The van der Waals surface area contributed by atoms with Gasteiger partial charge in [0.15, 0.2) is 15.5 Å². The highest BCUT2D eigenvalue weighted by atomic mass is 32.2. The van der Waals surface area contributed by atoms with E-state index < -0.39 is 27.5 Å². The van der Waals surface area contributed by atoms with E-state index in [0.29, 0.717) is 33.9 Å². The van der Waals surface area contributed by atoms with Gasteiger partial charge < -0.3 is 4.57 Å². The number of rotatable bonds is 5. The van der Waals surface area contributed by atoms with Crippen molar-refractivity contribution in [2.24, 2.45) is 0 Å². The average Bonchev–Trinajstić information content (AvgIpc) is 3.51. The van der Waals surface area contributed by atoms with Crippen LogP contribution >= 0.6 is 0 Å². The minimum Gasteiger partial charge on any atom is -0.301 e. The fraction of sp³-hybridized carbons (Fsp3) is 0.120. The largest absolute Gasteiger partial charge is 0.434 e. The maximum absolute atomic E-state index is 13.5. The number of benzene rings is 2. The van der Waals surface area contributed by atoms with E-state index in [1.165, 1.54) is 46.6 Å². The molecule has 3 aromatic heterocycles. The maximum atomic E-state index is 13.5. The Bertz CT molecular complexity index is 1760. The van der Waals surface area contributed by atoms with Crippen LogP contribution in [0.25, 0.3) is 33.9 Å². The molecule has 2 aromatic carbocycles. The van der Waals surface area contributed by atoms with Crippen molar-refractivity contribution in [2.75, 3.05) is 6.26 Å². The Morgan fingerprint density at radius 1 is 0.921 bits per heavy atom. The van der Waals surface area contributed by atoms with E-state index in [0.717, 1.165) is 18.6 Å². The highest BCUT2D eigenvalue weighted by molar-refractivity contribution is 7.90. The van der Waals surface area contributed by atoms with Gasteiger partial charge >= 0.3 is 6.18 Å². The summed E-state index contributed by atoms with van der Waals surface area (Å²) in [5.74, 6) is -0.470. The summed E-state index contributed by atoms with van der Waals surface area (Å²) < 4.78 is 80.6. The van der Waals surface area contributed by atoms with Crippen molar-refractivity contribution in [1.29, 1.82) is 0 Å². The number of imidazole rings is 1. The summed E-state index contributed by atoms with van der Waals surface area (Å²) in [6.45, 7) is 1.44. The Hall–Kier alpha value is -4.39. The summed E-state index contributed by atoms with van der Waals surface area (Å²) in [5, 5.41) is 8.07. The molecule has 0 N–H and O–H groups in total. The summed E-state index contributed by atoms with van der Waals surface area (Å²) >= 11 is 0. The third-order valence-electron chi connectivity index (χ3n) is 5.77. The number of hydrogen-bond acceptors (Lipinski definition) is 6. The second-order valence-corrected chi connectivity index (χ2v) is 10.5. The molecule has 0 saturated heterocycles. The van der Waals surface area contributed by atoms with Crippen molar-refractivity contribution < 1.29 is 26.0 Å². The van der Waals surface area contributed by atoms with Crippen molar-refractivity contribution in [1.82, 2.24) is 29.5 Å². The molecule has 0 radical (unpaired) electrons. The number of nitrogens with zero attached hydrogens (tertiary/aromatic N) is 6. The molecule has 0 aliphatic carbocycles. The van der Waals surface area contributed by atoms with Crippen LogP contribution in [0.4, 0.5) is 17.6 Å². The minimum atomic E-state index is -4.65. The van der Waals surface area contributed by atoms with Crippen molar-refractivity contribution in [2.45, 2.75) is 18.0 Å². The van der Waals surface area contributed by atoms with Crippen LogP contribution in [0.2, 0.25) is 0 Å². The van der Waals surface area contributed by atoms with Crippen LogP contribution in [-0.4, -0.2) is 44.2 Å². The number of alkyl halides is 3. The van der Waals surface area contributed by atoms with E-state index in [4.69, 9.17) is 0 Å². The molecule has 0 aliphatic heterocycles. The molecule has 13 heteroatoms. The van der Waals surface area contributed by atoms with E-state index in [1.807, 2.05) is 0 Å². The van der Waals surface area contributed by atoms with Crippen molar-refractivity contribution in [3.8, 4) is 33.9 Å². The fourth-order valence-corrected chi connectivity index (χ4v) is 4.62. The maximum Gasteiger partial charge on any atom is 0.434 e. The first kappa shape index (κ1) is 25.3. The first-order chi connectivity index (χ1) is 17.9. The molecule has 0 saturated carbocycles. The number of aryl methyl sites for hydroxylation is 1. The summed E-state index contributed by atoms with van der Waals surface area (Å²) in [5.41, 5.74) is 1.33. The van der Waals surface area contributed by atoms with Crippen molar-refractivity contribution >= 4 is 9.84 Å². The Kier molecular flexibility index (Phi) is 6.10. The molecule has 8 nitrogen and oxygen atoms in total. The molecular weight excluding hydrogens is 524 g/mol. The lowest BCUT2D eigenvalue weighted by Gasteiger charge is -2.16.